The summed E-state index contributed by atoms with van der Waals surface area (Å²) < 4.78 is 31.5. The van der Waals surface area contributed by atoms with E-state index >= 15 is 0 Å². The zero-order valence-corrected chi connectivity index (χ0v) is 84.0. The van der Waals surface area contributed by atoms with Gasteiger partial charge < -0.3 is 68.5 Å². The molecule has 29 heteroatoms. The van der Waals surface area contributed by atoms with Crippen LogP contribution in [0.1, 0.15) is 285 Å². The normalized spacial score (nSPS) is 22.5. The molecule has 9 heterocycles. The number of aromatic amines is 2. The Morgan fingerprint density at radius 2 is 0.786 bits per heavy atom. The second-order valence-electron chi connectivity index (χ2n) is 42.5. The number of carbonyl (C=O) groups is 8. The van der Waals surface area contributed by atoms with E-state index in [2.05, 4.69) is 111 Å². The minimum Gasteiger partial charge on any atom is -0.469 e. The molecular weight excluding hydrogens is 1770 g/mol. The van der Waals surface area contributed by atoms with Crippen LogP contribution in [0.4, 0.5) is 9.59 Å². The third-order valence-corrected chi connectivity index (χ3v) is 32.0. The molecule has 8 aromatic rings. The highest BCUT2D eigenvalue weighted by molar-refractivity contribution is 6.62. The van der Waals surface area contributed by atoms with E-state index in [0.717, 1.165) is 115 Å². The van der Waals surface area contributed by atoms with Crippen LogP contribution in [0, 0.1) is 42.4 Å². The van der Waals surface area contributed by atoms with Crippen molar-refractivity contribution in [1.82, 2.24) is 50.2 Å². The Labute approximate surface area is 820 Å². The lowest BCUT2D eigenvalue weighted by Gasteiger charge is -2.32. The highest BCUT2D eigenvalue weighted by atomic mass is 16.7. The number of esters is 2. The number of benzene rings is 6. The van der Waals surface area contributed by atoms with E-state index in [0.29, 0.717) is 84.2 Å². The molecule has 12 atom stereocenters. The SMILES string of the molecule is COC(=O)C[C@H](C(=O)N1CCC[C@H]1C1=NC=C(c2ccc(-c3ccc(-c4ccc5nc([C@@H]6CCCN6C(=O)[C@@H](NC(=O)OC)C(C)C)[nH]c(=O)c5c4)c4c3C3CCC4C3)cc2)C1)C(C)C.COC(=O)C[C@H](C(=O)N1CCC[C@H]1C1=NC=C(c2ccc(-c3ccc(C)c4c3C3CCC4C3)cc2)C1)C(C)C.COC(=O)N[C@H](C(=O)N1CCC[C@H]1c1nc2ccc(B3OC(C)(C)C(C)(C)O3)cc2c(=O)[nH]1)C(C)C. The van der Waals surface area contributed by atoms with Crippen LogP contribution >= 0.6 is 0 Å². The maximum absolute atomic E-state index is 13.9. The first-order valence-corrected chi connectivity index (χ1v) is 50.6. The lowest BCUT2D eigenvalue weighted by atomic mass is 9.78. The molecule has 4 bridgehead atoms. The van der Waals surface area contributed by atoms with Gasteiger partial charge in [-0.3, -0.25) is 48.3 Å². The third-order valence-electron chi connectivity index (χ3n) is 32.0. The van der Waals surface area contributed by atoms with Crippen molar-refractivity contribution in [3.8, 4) is 33.4 Å². The minimum absolute atomic E-state index is 0.00925. The van der Waals surface area contributed by atoms with Crippen molar-refractivity contribution < 1.29 is 66.6 Å². The fraction of sp³-hybridized carbons (Fsp3) is 0.514. The standard InChI is InChI=1S/C52H60N6O7.C34H40N2O3.C25H35BN4O6/c1-28(2)38(26-44(59)64-5)50(61)57-21-7-9-42(57)41-25-35(27-53-41)30-11-13-31(14-12-30)36-18-19-37(46-34-16-15-33(23-34)45(36)46)32-17-20-40-39(24-32)49(60)56-48(54-40)43-10-8-22-58(43)51(62)47(29(3)4)55-52(63)65-6;1-20(2)28(18-31(37)39-4)34(38)36-15-5-6-30(36)29-17-26(19-35-29)22-8-10-23(11-9-22)27-14-7-21(3)32-24-12-13-25(16-24)33(27)32;1-14(2)19(28-23(33)34-7)22(32)30-12-8-9-18(30)20-27-17-11-10-15(13-16(17)21(31)29-20)26-35-24(3,4)25(5,6)36-26/h11-14,17-20,24,27-29,33-34,38,42-43,47H,7-10,15-16,21-23,25-26H2,1-6H3,(H,55,63)(H,54,56,60);7-11,14,19-20,24-25,28,30H,5-6,12-13,15-18H2,1-4H3;10-11,13-14,18-19H,8-9,12H2,1-7H3,(H,28,33)(H,27,29,31)/t33?,34?,38-,42-,43-,47-;24?,25?,28-,30-;18-,19-/m000/s1. The first-order chi connectivity index (χ1) is 67.0. The minimum atomic E-state index is -0.765. The molecule has 6 aromatic carbocycles. The first kappa shape index (κ1) is 99.3. The summed E-state index contributed by atoms with van der Waals surface area (Å²) in [7, 11) is 4.70. The van der Waals surface area contributed by atoms with Crippen LogP contribution in [-0.2, 0) is 57.0 Å². The molecule has 7 fully saturated rings. The Kier molecular flexibility index (Phi) is 29.2. The van der Waals surface area contributed by atoms with Crippen molar-refractivity contribution in [2.75, 3.05) is 54.6 Å². The first-order valence-electron chi connectivity index (χ1n) is 50.6. The summed E-state index contributed by atoms with van der Waals surface area (Å²) in [5, 5.41) is 6.25. The maximum Gasteiger partial charge on any atom is 0.494 e. The van der Waals surface area contributed by atoms with Gasteiger partial charge in [0.2, 0.25) is 23.6 Å². The van der Waals surface area contributed by atoms with E-state index in [1.165, 1.54) is 104 Å². The smallest absolute Gasteiger partial charge is 0.469 e. The summed E-state index contributed by atoms with van der Waals surface area (Å²) in [6.07, 6.45) is 18.3. The zero-order chi connectivity index (χ0) is 99.4. The number of H-pyrrole nitrogens is 2. The molecule has 4 aliphatic carbocycles. The molecule has 19 rings (SSSR count). The van der Waals surface area contributed by atoms with Crippen LogP contribution in [0.2, 0.25) is 0 Å². The molecule has 7 aliphatic heterocycles. The molecule has 2 saturated carbocycles. The number of hydrogen-bond donors (Lipinski definition) is 4. The highest BCUT2D eigenvalue weighted by Gasteiger charge is 2.53. The van der Waals surface area contributed by atoms with Crippen LogP contribution in [0.15, 0.2) is 141 Å². The van der Waals surface area contributed by atoms with Crippen LogP contribution in [0.3, 0.4) is 0 Å². The van der Waals surface area contributed by atoms with Crippen molar-refractivity contribution in [2.24, 2.45) is 45.5 Å². The van der Waals surface area contributed by atoms with Gasteiger partial charge in [-0.1, -0.05) is 140 Å². The van der Waals surface area contributed by atoms with Gasteiger partial charge in [-0.15, -0.1) is 0 Å². The monoisotopic (exact) mass is 1900 g/mol. The van der Waals surface area contributed by atoms with Crippen LogP contribution in [-0.4, -0.2) is 196 Å². The number of rotatable bonds is 24. The van der Waals surface area contributed by atoms with Crippen molar-refractivity contribution >= 4 is 105 Å². The van der Waals surface area contributed by atoms with E-state index in [1.807, 2.05) is 123 Å². The molecular formula is C111H135BN12O16. The number of nitrogens with one attached hydrogen (secondary N) is 4. The highest BCUT2D eigenvalue weighted by Crippen LogP contribution is 2.60. The van der Waals surface area contributed by atoms with Crippen molar-refractivity contribution in [2.45, 2.75) is 277 Å². The Bertz CT molecular complexity index is 6390. The van der Waals surface area contributed by atoms with Gasteiger partial charge in [0, 0.05) is 62.8 Å². The molecule has 28 nitrogen and oxygen atoms in total. The molecule has 0 spiro atoms. The lowest BCUT2D eigenvalue weighted by molar-refractivity contribution is -0.148. The largest absolute Gasteiger partial charge is 0.494 e. The Morgan fingerprint density at radius 3 is 1.19 bits per heavy atom. The Balaban J connectivity index is 0.000000155. The quantitative estimate of drug-likeness (QED) is 0.0248. The summed E-state index contributed by atoms with van der Waals surface area (Å²) in [6.45, 7) is 28.0. The summed E-state index contributed by atoms with van der Waals surface area (Å²) in [5.74, 6) is 1.26. The molecule has 4 unspecified atom stereocenters. The van der Waals surface area contributed by atoms with Gasteiger partial charge in [0.15, 0.2) is 0 Å². The van der Waals surface area contributed by atoms with E-state index in [4.69, 9.17) is 43.5 Å². The molecule has 0 radical (unpaired) electrons. The third kappa shape index (κ3) is 19.8. The molecule has 5 saturated heterocycles. The summed E-state index contributed by atoms with van der Waals surface area (Å²) in [4.78, 5) is 162. The number of aryl methyl sites for hydroxylation is 1. The lowest BCUT2D eigenvalue weighted by Crippen LogP contribution is -2.51. The fourth-order valence-corrected chi connectivity index (χ4v) is 23.6. The fourth-order valence-electron chi connectivity index (χ4n) is 23.6. The zero-order valence-electron chi connectivity index (χ0n) is 84.0. The topological polar surface area (TPSA) is 345 Å². The van der Waals surface area contributed by atoms with Crippen LogP contribution < -0.4 is 27.2 Å². The number of fused-ring (bicyclic) bond motifs is 12. The van der Waals surface area contributed by atoms with E-state index in [1.54, 1.807) is 33.1 Å². The predicted octanol–water partition coefficient (Wildman–Crippen LogP) is 18.0. The molecule has 6 amide bonds. The Morgan fingerprint density at radius 1 is 0.429 bits per heavy atom. The van der Waals surface area contributed by atoms with Gasteiger partial charge in [-0.05, 0) is 285 Å². The second-order valence-corrected chi connectivity index (χ2v) is 42.5. The number of ether oxygens (including phenoxy) is 4. The number of nitrogens with zero attached hydrogens (tertiary/aromatic N) is 8. The average molecular weight is 1900 g/mol. The molecule has 738 valence electrons. The van der Waals surface area contributed by atoms with Crippen molar-refractivity contribution in [3.63, 3.8) is 0 Å². The number of likely N-dealkylation sites (tertiary alicyclic amines) is 4. The molecule has 4 N–H and O–H groups in total. The van der Waals surface area contributed by atoms with E-state index < -0.39 is 60.6 Å². The molecule has 11 aliphatic rings. The number of amides is 6. The van der Waals surface area contributed by atoms with Gasteiger partial charge in [-0.2, -0.15) is 0 Å². The van der Waals surface area contributed by atoms with Gasteiger partial charge in [0.05, 0.1) is 110 Å². The summed E-state index contributed by atoms with van der Waals surface area (Å²) >= 11 is 0. The number of aliphatic imine (C=N–C) groups is 2. The molecule has 140 heavy (non-hydrogen) atoms. The van der Waals surface area contributed by atoms with Crippen LogP contribution in [0.5, 0.6) is 0 Å². The Hall–Kier alpha value is -12.2. The number of hydrogen-bond acceptors (Lipinski definition) is 20. The van der Waals surface area contributed by atoms with Gasteiger partial charge in [-0.25, -0.2) is 19.6 Å². The summed E-state index contributed by atoms with van der Waals surface area (Å²) in [6, 6.07) is 35.9. The predicted molar refractivity (Wildman–Crippen MR) is 542 cm³/mol. The van der Waals surface area contributed by atoms with E-state index in [9.17, 15) is 47.9 Å². The van der Waals surface area contributed by atoms with Gasteiger partial charge in [0.25, 0.3) is 11.1 Å². The number of alkyl carbamates (subject to hydrolysis) is 2. The second kappa shape index (κ2) is 41.1. The number of allylic oxidation sites excluding steroid dienone is 2. The number of carbonyl (C=O) groups excluding carboxylic acids is 8. The average Bonchev–Trinajstić information content (AvgIpc) is 1.61. The van der Waals surface area contributed by atoms with Crippen LogP contribution in [0.25, 0.3) is 66.3 Å². The van der Waals surface area contributed by atoms with E-state index in [-0.39, 0.29) is 101 Å². The van der Waals surface area contributed by atoms with Crippen molar-refractivity contribution in [1.29, 1.82) is 0 Å². The van der Waals surface area contributed by atoms with Crippen molar-refractivity contribution in [3.05, 3.63) is 193 Å². The number of aromatic nitrogens is 4. The molecule has 2 aromatic heterocycles. The maximum atomic E-state index is 13.9. The number of methoxy groups -OCH3 is 4. The van der Waals surface area contributed by atoms with Gasteiger partial charge >= 0.3 is 31.2 Å². The summed E-state index contributed by atoms with van der Waals surface area (Å²) in [5.41, 5.74) is 21.9. The van der Waals surface area contributed by atoms with Gasteiger partial charge in [0.1, 0.15) is 23.7 Å².